The van der Waals surface area contributed by atoms with Crippen LogP contribution < -0.4 is 0 Å². The van der Waals surface area contributed by atoms with Crippen LogP contribution in [0.5, 0.6) is 0 Å². The molecule has 0 saturated heterocycles. The Bertz CT molecular complexity index is 1190. The van der Waals surface area contributed by atoms with Gasteiger partial charge in [-0.2, -0.15) is 8.42 Å². The first kappa shape index (κ1) is 23.4. The van der Waals surface area contributed by atoms with E-state index in [1.807, 2.05) is 12.1 Å². The van der Waals surface area contributed by atoms with E-state index in [0.717, 1.165) is 17.7 Å². The lowest BCUT2D eigenvalue weighted by Gasteiger charge is -2.09. The van der Waals surface area contributed by atoms with Crippen molar-refractivity contribution >= 4 is 23.8 Å². The molecule has 0 heterocycles. The van der Waals surface area contributed by atoms with E-state index >= 15 is 0 Å². The lowest BCUT2D eigenvalue weighted by atomic mass is 10.0. The Labute approximate surface area is 174 Å². The molecule has 0 fully saturated rings. The molecule has 1 unspecified atom stereocenters. The number of hydrogen-bond acceptors (Lipinski definition) is 6. The third-order valence-corrected chi connectivity index (χ3v) is 7.65. The molecule has 7 nitrogen and oxygen atoms in total. The Morgan fingerprint density at radius 1 is 0.767 bits per heavy atom. The fourth-order valence-corrected chi connectivity index (χ4v) is 4.15. The summed E-state index contributed by atoms with van der Waals surface area (Å²) in [4.78, 5) is 11.5. The molecule has 1 atom stereocenters. The fourth-order valence-electron chi connectivity index (χ4n) is 2.37. The van der Waals surface area contributed by atoms with Crippen LogP contribution in [0, 0.1) is 6.92 Å². The third kappa shape index (κ3) is 5.83. The van der Waals surface area contributed by atoms with Gasteiger partial charge in [-0.1, -0.05) is 78.4 Å². The minimum Gasteiger partial charge on any atom is -0.380 e. The van der Waals surface area contributed by atoms with Gasteiger partial charge in [0.25, 0.3) is 0 Å². The maximum atomic E-state index is 11.9. The summed E-state index contributed by atoms with van der Waals surface area (Å²) in [6.45, 7) is 1.73. The van der Waals surface area contributed by atoms with Gasteiger partial charge in [-0.25, -0.2) is 8.42 Å². The number of aliphatic hydroxyl groups is 1. The molecule has 0 aromatic heterocycles. The molecule has 0 radical (unpaired) electrons. The van der Waals surface area contributed by atoms with Crippen molar-refractivity contribution in [3.63, 3.8) is 0 Å². The molecule has 0 aliphatic heterocycles. The van der Waals surface area contributed by atoms with Gasteiger partial charge >= 0.3 is 18.0 Å². The van der Waals surface area contributed by atoms with Crippen molar-refractivity contribution in [2.75, 3.05) is 0 Å². The number of carbonyl (C=O) groups excluding carboxylic acids is 1. The quantitative estimate of drug-likeness (QED) is 0.349. The van der Waals surface area contributed by atoms with Crippen molar-refractivity contribution in [1.29, 1.82) is 0 Å². The van der Waals surface area contributed by atoms with E-state index in [0.29, 0.717) is 11.1 Å². The SMILES string of the molecule is Cc1ccc(S(=O)(=O)S(=O)(=O)O)cc1.O=C(c1ccccc1)C(O)c1ccccc1. The van der Waals surface area contributed by atoms with Gasteiger partial charge in [-0.15, -0.1) is 0 Å². The molecule has 158 valence electrons. The Kier molecular flexibility index (Phi) is 7.63. The first-order chi connectivity index (χ1) is 14.0. The first-order valence-electron chi connectivity index (χ1n) is 8.65. The van der Waals surface area contributed by atoms with Crippen LogP contribution in [0.3, 0.4) is 0 Å². The van der Waals surface area contributed by atoms with E-state index in [-0.39, 0.29) is 5.78 Å². The zero-order valence-electron chi connectivity index (χ0n) is 15.9. The minimum atomic E-state index is -5.10. The maximum Gasteiger partial charge on any atom is 0.377 e. The molecule has 9 heteroatoms. The molecular weight excluding hydrogens is 428 g/mol. The predicted octanol–water partition coefficient (Wildman–Crippen LogP) is 3.17. The highest BCUT2D eigenvalue weighted by Gasteiger charge is 2.29. The number of aliphatic hydroxyl groups excluding tert-OH is 1. The lowest BCUT2D eigenvalue weighted by molar-refractivity contribution is 0.0747. The summed E-state index contributed by atoms with van der Waals surface area (Å²) >= 11 is 0. The van der Waals surface area contributed by atoms with E-state index in [2.05, 4.69) is 0 Å². The average Bonchev–Trinajstić information content (AvgIpc) is 2.74. The van der Waals surface area contributed by atoms with Gasteiger partial charge in [0.05, 0.1) is 4.90 Å². The molecule has 30 heavy (non-hydrogen) atoms. The molecule has 3 aromatic carbocycles. The number of Topliss-reactive ketones (excluding diaryl/α,β-unsaturated/α-hetero) is 1. The van der Waals surface area contributed by atoms with Crippen LogP contribution in [-0.2, 0) is 18.0 Å². The van der Waals surface area contributed by atoms with Crippen LogP contribution >= 0.6 is 0 Å². The number of ketones is 1. The molecule has 0 spiro atoms. The Morgan fingerprint density at radius 2 is 1.23 bits per heavy atom. The molecule has 3 rings (SSSR count). The highest BCUT2D eigenvalue weighted by Crippen LogP contribution is 2.18. The lowest BCUT2D eigenvalue weighted by Crippen LogP contribution is -2.14. The van der Waals surface area contributed by atoms with Crippen LogP contribution in [0.2, 0.25) is 0 Å². The second-order valence-electron chi connectivity index (χ2n) is 6.24. The number of aryl methyl sites for hydroxylation is 1. The van der Waals surface area contributed by atoms with Gasteiger partial charge in [-0.3, -0.25) is 9.35 Å². The second-order valence-corrected chi connectivity index (χ2v) is 11.1. The van der Waals surface area contributed by atoms with E-state index in [1.54, 1.807) is 55.5 Å². The van der Waals surface area contributed by atoms with Gasteiger partial charge in [0.15, 0.2) is 5.78 Å². The normalized spacial score (nSPS) is 12.4. The second kappa shape index (κ2) is 9.77. The molecule has 0 bridgehead atoms. The number of hydrogen-bond donors (Lipinski definition) is 2. The van der Waals surface area contributed by atoms with Gasteiger partial charge in [0.1, 0.15) is 6.10 Å². The molecule has 0 amide bonds. The van der Waals surface area contributed by atoms with E-state index in [9.17, 15) is 26.7 Å². The molecular formula is C21H20O7S2. The van der Waals surface area contributed by atoms with E-state index in [1.165, 1.54) is 12.1 Å². The van der Waals surface area contributed by atoms with Crippen LogP contribution in [0.15, 0.2) is 89.8 Å². The first-order valence-corrected chi connectivity index (χ1v) is 12.1. The summed E-state index contributed by atoms with van der Waals surface area (Å²) in [6, 6.07) is 22.9. The Balaban J connectivity index is 0.000000216. The Morgan fingerprint density at radius 3 is 1.70 bits per heavy atom. The molecule has 0 saturated carbocycles. The van der Waals surface area contributed by atoms with Crippen LogP contribution in [0.25, 0.3) is 0 Å². The summed E-state index contributed by atoms with van der Waals surface area (Å²) in [6.07, 6.45) is -1.08. The summed E-state index contributed by atoms with van der Waals surface area (Å²) in [5.41, 5.74) is 1.94. The fraction of sp³-hybridized carbons (Fsp3) is 0.0952. The van der Waals surface area contributed by atoms with Crippen molar-refractivity contribution < 1.29 is 31.3 Å². The topological polar surface area (TPSA) is 126 Å². The van der Waals surface area contributed by atoms with Crippen molar-refractivity contribution in [1.82, 2.24) is 0 Å². The monoisotopic (exact) mass is 448 g/mol. The minimum absolute atomic E-state index is 0.271. The number of rotatable bonds is 5. The summed E-state index contributed by atoms with van der Waals surface area (Å²) < 4.78 is 51.7. The van der Waals surface area contributed by atoms with Crippen molar-refractivity contribution in [3.8, 4) is 0 Å². The molecule has 0 aliphatic rings. The highest BCUT2D eigenvalue weighted by atomic mass is 33.2. The highest BCUT2D eigenvalue weighted by molar-refractivity contribution is 8.64. The summed E-state index contributed by atoms with van der Waals surface area (Å²) in [5, 5.41) is 9.89. The van der Waals surface area contributed by atoms with Gasteiger partial charge in [-0.05, 0) is 24.6 Å². The zero-order valence-corrected chi connectivity index (χ0v) is 17.5. The molecule has 3 aromatic rings. The summed E-state index contributed by atoms with van der Waals surface area (Å²) in [7, 11) is -9.76. The van der Waals surface area contributed by atoms with Gasteiger partial charge in [0, 0.05) is 5.56 Å². The van der Waals surface area contributed by atoms with Gasteiger partial charge in [0.2, 0.25) is 0 Å². The third-order valence-electron chi connectivity index (χ3n) is 4.01. The van der Waals surface area contributed by atoms with Crippen LogP contribution in [-0.4, -0.2) is 32.3 Å². The Hall–Kier alpha value is -2.85. The predicted molar refractivity (Wildman–Crippen MR) is 112 cm³/mol. The van der Waals surface area contributed by atoms with E-state index < -0.39 is 29.0 Å². The van der Waals surface area contributed by atoms with Crippen LogP contribution in [0.1, 0.15) is 27.6 Å². The standard InChI is InChI=1S/C14H12O2.C7H8O5S2/c15-13(11-7-3-1-4-8-11)14(16)12-9-5-2-6-10-12;1-6-2-4-7(5-3-6)13(8,9)14(10,11)12/h1-10,13,15H;2-5H,1H3,(H,10,11,12). The number of benzene rings is 3. The maximum absolute atomic E-state index is 11.9. The zero-order chi connectivity index (χ0) is 22.4. The average molecular weight is 449 g/mol. The van der Waals surface area contributed by atoms with Gasteiger partial charge < -0.3 is 5.11 Å². The smallest absolute Gasteiger partial charge is 0.377 e. The molecule has 0 aliphatic carbocycles. The van der Waals surface area contributed by atoms with Crippen molar-refractivity contribution in [2.45, 2.75) is 17.9 Å². The largest absolute Gasteiger partial charge is 0.380 e. The van der Waals surface area contributed by atoms with Crippen molar-refractivity contribution in [3.05, 3.63) is 102 Å². The van der Waals surface area contributed by atoms with E-state index in [4.69, 9.17) is 4.55 Å². The van der Waals surface area contributed by atoms with Crippen LogP contribution in [0.4, 0.5) is 0 Å². The number of carbonyl (C=O) groups is 1. The van der Waals surface area contributed by atoms with Crippen molar-refractivity contribution in [2.24, 2.45) is 0 Å². The summed E-state index contributed by atoms with van der Waals surface area (Å²) in [5.74, 6) is -0.271. The molecule has 2 N–H and O–H groups in total.